The Labute approximate surface area is 197 Å². The van der Waals surface area contributed by atoms with Crippen LogP contribution in [0.4, 0.5) is 4.39 Å². The van der Waals surface area contributed by atoms with Gasteiger partial charge in [-0.1, -0.05) is 38.3 Å². The van der Waals surface area contributed by atoms with Crippen molar-refractivity contribution < 1.29 is 12.8 Å². The number of halogens is 1. The van der Waals surface area contributed by atoms with Crippen molar-refractivity contribution >= 4 is 9.84 Å². The number of nitrogens with zero attached hydrogens (tertiary/aromatic N) is 3. The summed E-state index contributed by atoms with van der Waals surface area (Å²) in [6.45, 7) is 8.07. The predicted octanol–water partition coefficient (Wildman–Crippen LogP) is 4.72. The molecule has 0 spiro atoms. The first-order valence-corrected chi connectivity index (χ1v) is 13.4. The van der Waals surface area contributed by atoms with Gasteiger partial charge in [-0.2, -0.15) is 5.26 Å². The molecule has 2 aromatic carbocycles. The van der Waals surface area contributed by atoms with Crippen LogP contribution in [-0.4, -0.2) is 56.7 Å². The molecule has 5 nitrogen and oxygen atoms in total. The first-order chi connectivity index (χ1) is 15.8. The van der Waals surface area contributed by atoms with Crippen molar-refractivity contribution in [3.63, 3.8) is 0 Å². The van der Waals surface area contributed by atoms with Crippen molar-refractivity contribution in [3.8, 4) is 6.07 Å². The van der Waals surface area contributed by atoms with Gasteiger partial charge >= 0.3 is 0 Å². The van der Waals surface area contributed by atoms with E-state index in [1.165, 1.54) is 42.7 Å². The third-order valence-corrected chi connectivity index (χ3v) is 8.24. The molecule has 7 heteroatoms. The van der Waals surface area contributed by atoms with E-state index < -0.39 is 15.7 Å². The van der Waals surface area contributed by atoms with Crippen LogP contribution >= 0.6 is 0 Å². The lowest BCUT2D eigenvalue weighted by molar-refractivity contribution is 0.0941. The number of aryl methyl sites for hydroxylation is 1. The monoisotopic (exact) mass is 471 g/mol. The van der Waals surface area contributed by atoms with Crippen LogP contribution in [-0.2, 0) is 9.84 Å². The van der Waals surface area contributed by atoms with E-state index in [-0.39, 0.29) is 10.6 Å². The molecule has 0 amide bonds. The van der Waals surface area contributed by atoms with E-state index in [1.54, 1.807) is 0 Å². The minimum atomic E-state index is -3.42. The maximum atomic E-state index is 13.1. The van der Waals surface area contributed by atoms with Crippen LogP contribution in [0.2, 0.25) is 0 Å². The molecule has 0 saturated carbocycles. The highest BCUT2D eigenvalue weighted by molar-refractivity contribution is 7.91. The molecule has 0 aromatic heterocycles. The Bertz CT molecular complexity index is 1060. The smallest absolute Gasteiger partial charge is 0.179 e. The first-order valence-electron chi connectivity index (χ1n) is 11.8. The zero-order valence-corrected chi connectivity index (χ0v) is 20.5. The number of piperazine rings is 1. The van der Waals surface area contributed by atoms with Gasteiger partial charge in [-0.3, -0.25) is 9.80 Å². The number of unbranched alkanes of at least 4 members (excludes halogenated alkanes) is 2. The molecule has 1 heterocycles. The van der Waals surface area contributed by atoms with Gasteiger partial charge in [-0.15, -0.1) is 0 Å². The number of nitriles is 1. The van der Waals surface area contributed by atoms with Gasteiger partial charge in [0.2, 0.25) is 0 Å². The minimum Gasteiger partial charge on any atom is -0.300 e. The highest BCUT2D eigenvalue weighted by atomic mass is 32.2. The summed E-state index contributed by atoms with van der Waals surface area (Å²) in [5.74, 6) is -0.399. The van der Waals surface area contributed by atoms with Crippen molar-refractivity contribution in [2.45, 2.75) is 50.5 Å². The Hall–Kier alpha value is -2.27. The normalized spacial score (nSPS) is 16.4. The van der Waals surface area contributed by atoms with Crippen LogP contribution < -0.4 is 0 Å². The number of hydrogen-bond donors (Lipinski definition) is 0. The van der Waals surface area contributed by atoms with Gasteiger partial charge in [-0.05, 0) is 54.8 Å². The third kappa shape index (κ3) is 6.86. The molecule has 1 aliphatic rings. The second kappa shape index (κ2) is 11.7. The average molecular weight is 472 g/mol. The molecule has 1 fully saturated rings. The van der Waals surface area contributed by atoms with Crippen LogP contribution in [0.5, 0.6) is 0 Å². The number of hydrogen-bond acceptors (Lipinski definition) is 5. The third-order valence-electron chi connectivity index (χ3n) is 6.53. The molecule has 0 aliphatic carbocycles. The molecule has 0 bridgehead atoms. The predicted molar refractivity (Wildman–Crippen MR) is 129 cm³/mol. The Morgan fingerprint density at radius 2 is 1.76 bits per heavy atom. The second-order valence-corrected chi connectivity index (χ2v) is 11.0. The molecule has 1 unspecified atom stereocenters. The van der Waals surface area contributed by atoms with Crippen LogP contribution in [0, 0.1) is 24.1 Å². The number of benzene rings is 2. The lowest BCUT2D eigenvalue weighted by atomic mass is 9.95. The zero-order chi connectivity index (χ0) is 23.8. The fraction of sp³-hybridized carbons (Fsp3) is 0.500. The van der Waals surface area contributed by atoms with Gasteiger partial charge in [0.15, 0.2) is 9.84 Å². The van der Waals surface area contributed by atoms with E-state index in [9.17, 15) is 18.1 Å². The molecule has 2 aromatic rings. The Morgan fingerprint density at radius 1 is 1.06 bits per heavy atom. The topological polar surface area (TPSA) is 64.4 Å². The van der Waals surface area contributed by atoms with Crippen LogP contribution in [0.25, 0.3) is 0 Å². The van der Waals surface area contributed by atoms with Crippen molar-refractivity contribution in [2.75, 3.05) is 38.5 Å². The standard InChI is InChI=1S/C26H34FN3O2S/c1-3-4-5-6-26(22-7-8-23(20-28)21(2)19-22)30-15-13-29(14-16-30)17-18-33(31,32)25-11-9-24(27)10-12-25/h7-12,19,26H,3-6,13-18H2,1-2H3. The molecule has 178 valence electrons. The summed E-state index contributed by atoms with van der Waals surface area (Å²) < 4.78 is 38.3. The molecule has 3 rings (SSSR count). The van der Waals surface area contributed by atoms with Crippen molar-refractivity contribution in [2.24, 2.45) is 0 Å². The Kier molecular flexibility index (Phi) is 9.02. The van der Waals surface area contributed by atoms with Crippen LogP contribution in [0.15, 0.2) is 47.4 Å². The summed E-state index contributed by atoms with van der Waals surface area (Å²) in [7, 11) is -3.42. The lowest BCUT2D eigenvalue weighted by Crippen LogP contribution is -2.48. The van der Waals surface area contributed by atoms with E-state index in [0.29, 0.717) is 12.6 Å². The molecular weight excluding hydrogens is 437 g/mol. The van der Waals surface area contributed by atoms with Crippen LogP contribution in [0.1, 0.15) is 55.3 Å². The minimum absolute atomic E-state index is 0.0351. The second-order valence-electron chi connectivity index (χ2n) is 8.85. The SMILES string of the molecule is CCCCCC(c1ccc(C#N)c(C)c1)N1CCN(CCS(=O)(=O)c2ccc(F)cc2)CC1. The summed E-state index contributed by atoms with van der Waals surface area (Å²) in [6.07, 6.45) is 4.62. The van der Waals surface area contributed by atoms with Gasteiger partial charge in [0.25, 0.3) is 0 Å². The van der Waals surface area contributed by atoms with Gasteiger partial charge in [0.1, 0.15) is 5.82 Å². The number of rotatable bonds is 10. The fourth-order valence-corrected chi connectivity index (χ4v) is 5.76. The summed E-state index contributed by atoms with van der Waals surface area (Å²) >= 11 is 0. The largest absolute Gasteiger partial charge is 0.300 e. The van der Waals surface area contributed by atoms with Crippen molar-refractivity contribution in [1.29, 1.82) is 5.26 Å². The fourth-order valence-electron chi connectivity index (χ4n) is 4.48. The highest BCUT2D eigenvalue weighted by Crippen LogP contribution is 2.29. The van der Waals surface area contributed by atoms with Gasteiger partial charge < -0.3 is 0 Å². The van der Waals surface area contributed by atoms with E-state index >= 15 is 0 Å². The molecule has 33 heavy (non-hydrogen) atoms. The van der Waals surface area contributed by atoms with Gasteiger partial charge in [-0.25, -0.2) is 12.8 Å². The summed E-state index contributed by atoms with van der Waals surface area (Å²) in [5.41, 5.74) is 2.99. The molecule has 1 aliphatic heterocycles. The molecule has 0 N–H and O–H groups in total. The maximum absolute atomic E-state index is 13.1. The van der Waals surface area contributed by atoms with Crippen LogP contribution in [0.3, 0.4) is 0 Å². The molecular formula is C26H34FN3O2S. The van der Waals surface area contributed by atoms with Crippen molar-refractivity contribution in [1.82, 2.24) is 9.80 Å². The summed E-state index contributed by atoms with van der Waals surface area (Å²) in [6, 6.07) is 13.8. The van der Waals surface area contributed by atoms with E-state index in [0.717, 1.165) is 50.1 Å². The molecule has 1 saturated heterocycles. The van der Waals surface area contributed by atoms with E-state index in [1.807, 2.05) is 13.0 Å². The Balaban J connectivity index is 1.60. The lowest BCUT2D eigenvalue weighted by Gasteiger charge is -2.39. The zero-order valence-electron chi connectivity index (χ0n) is 19.6. The number of sulfone groups is 1. The molecule has 1 atom stereocenters. The molecule has 0 radical (unpaired) electrons. The first kappa shape index (κ1) is 25.4. The van der Waals surface area contributed by atoms with E-state index in [4.69, 9.17) is 0 Å². The summed E-state index contributed by atoms with van der Waals surface area (Å²) in [5, 5.41) is 9.27. The maximum Gasteiger partial charge on any atom is 0.179 e. The summed E-state index contributed by atoms with van der Waals surface area (Å²) in [4.78, 5) is 4.88. The quantitative estimate of drug-likeness (QED) is 0.371. The Morgan fingerprint density at radius 3 is 2.36 bits per heavy atom. The van der Waals surface area contributed by atoms with Gasteiger partial charge in [0.05, 0.1) is 22.3 Å². The average Bonchev–Trinajstić information content (AvgIpc) is 2.81. The highest BCUT2D eigenvalue weighted by Gasteiger charge is 2.26. The van der Waals surface area contributed by atoms with Gasteiger partial charge in [0, 0.05) is 38.8 Å². The van der Waals surface area contributed by atoms with Crippen molar-refractivity contribution in [3.05, 3.63) is 65.0 Å². The van der Waals surface area contributed by atoms with E-state index in [2.05, 4.69) is 34.9 Å².